The zero-order valence-corrected chi connectivity index (χ0v) is 12.3. The van der Waals surface area contributed by atoms with Crippen molar-refractivity contribution in [2.75, 3.05) is 13.2 Å². The lowest BCUT2D eigenvalue weighted by Crippen LogP contribution is -2.28. The molecule has 2 N–H and O–H groups in total. The third kappa shape index (κ3) is 3.78. The summed E-state index contributed by atoms with van der Waals surface area (Å²) >= 11 is 1.55. The third-order valence-corrected chi connectivity index (χ3v) is 4.58. The molecule has 1 aromatic rings. The van der Waals surface area contributed by atoms with E-state index < -0.39 is 0 Å². The van der Waals surface area contributed by atoms with Crippen LogP contribution >= 0.6 is 11.3 Å². The Morgan fingerprint density at radius 1 is 1.58 bits per heavy atom. The summed E-state index contributed by atoms with van der Waals surface area (Å²) in [5, 5.41) is 12.5. The maximum atomic E-state index is 12.0. The molecule has 1 atom stereocenters. The Labute approximate surface area is 117 Å². The van der Waals surface area contributed by atoms with Crippen molar-refractivity contribution in [3.8, 4) is 0 Å². The van der Waals surface area contributed by atoms with Gasteiger partial charge < -0.3 is 15.2 Å². The van der Waals surface area contributed by atoms with Crippen LogP contribution in [0.2, 0.25) is 0 Å². The molecule has 1 unspecified atom stereocenters. The monoisotopic (exact) mass is 283 g/mol. The van der Waals surface area contributed by atoms with Gasteiger partial charge in [0.25, 0.3) is 5.91 Å². The number of amides is 1. The highest BCUT2D eigenvalue weighted by Crippen LogP contribution is 2.26. The minimum Gasteiger partial charge on any atom is -0.393 e. The van der Waals surface area contributed by atoms with E-state index in [1.165, 1.54) is 4.88 Å². The van der Waals surface area contributed by atoms with E-state index in [4.69, 9.17) is 4.74 Å². The summed E-state index contributed by atoms with van der Waals surface area (Å²) < 4.78 is 5.37. The van der Waals surface area contributed by atoms with Crippen LogP contribution in [0.4, 0.5) is 0 Å². The molecule has 2 rings (SSSR count). The highest BCUT2D eigenvalue weighted by molar-refractivity contribution is 7.14. The average Bonchev–Trinajstić information content (AvgIpc) is 2.82. The molecule has 19 heavy (non-hydrogen) atoms. The van der Waals surface area contributed by atoms with E-state index in [2.05, 4.69) is 5.32 Å². The van der Waals surface area contributed by atoms with Crippen LogP contribution in [0, 0.1) is 5.92 Å². The van der Waals surface area contributed by atoms with Gasteiger partial charge in [0.1, 0.15) is 0 Å². The Hall–Kier alpha value is -0.910. The number of carbonyl (C=O) groups is 1. The first-order valence-electron chi connectivity index (χ1n) is 6.73. The maximum absolute atomic E-state index is 12.0. The van der Waals surface area contributed by atoms with Crippen LogP contribution in [0.1, 0.15) is 40.4 Å². The number of carbonyl (C=O) groups excluding carboxylic acids is 1. The number of aliphatic hydroxyl groups excluding tert-OH is 1. The van der Waals surface area contributed by atoms with E-state index in [9.17, 15) is 9.90 Å². The van der Waals surface area contributed by atoms with Gasteiger partial charge >= 0.3 is 0 Å². The fourth-order valence-corrected chi connectivity index (χ4v) is 3.08. The van der Waals surface area contributed by atoms with Gasteiger partial charge in [-0.05, 0) is 24.0 Å². The topological polar surface area (TPSA) is 58.6 Å². The molecule has 2 heterocycles. The van der Waals surface area contributed by atoms with Gasteiger partial charge in [0.05, 0.1) is 24.2 Å². The minimum atomic E-state index is -0.356. The van der Waals surface area contributed by atoms with Crippen LogP contribution in [-0.4, -0.2) is 30.3 Å². The van der Waals surface area contributed by atoms with Crippen molar-refractivity contribution in [1.82, 2.24) is 5.32 Å². The summed E-state index contributed by atoms with van der Waals surface area (Å²) in [5.74, 6) is 0.179. The molecule has 0 radical (unpaired) electrons. The van der Waals surface area contributed by atoms with Crippen LogP contribution in [0.25, 0.3) is 0 Å². The summed E-state index contributed by atoms with van der Waals surface area (Å²) in [6.45, 7) is 5.82. The molecule has 1 aliphatic heterocycles. The van der Waals surface area contributed by atoms with Gasteiger partial charge in [-0.1, -0.05) is 13.8 Å². The minimum absolute atomic E-state index is 0.0460. The second kappa shape index (κ2) is 6.50. The molecule has 5 heteroatoms. The van der Waals surface area contributed by atoms with E-state index in [1.54, 1.807) is 11.3 Å². The lowest BCUT2D eigenvalue weighted by Gasteiger charge is -2.14. The van der Waals surface area contributed by atoms with Gasteiger partial charge in [-0.15, -0.1) is 11.3 Å². The number of rotatable bonds is 5. The molecule has 0 bridgehead atoms. The maximum Gasteiger partial charge on any atom is 0.261 e. The second-order valence-electron chi connectivity index (χ2n) is 5.22. The highest BCUT2D eigenvalue weighted by Gasteiger charge is 2.17. The van der Waals surface area contributed by atoms with Crippen molar-refractivity contribution in [3.63, 3.8) is 0 Å². The Bertz CT molecular complexity index is 418. The molecule has 4 nitrogen and oxygen atoms in total. The molecule has 1 amide bonds. The largest absolute Gasteiger partial charge is 0.393 e. The third-order valence-electron chi connectivity index (χ3n) is 3.35. The molecule has 0 aliphatic carbocycles. The van der Waals surface area contributed by atoms with Crippen LogP contribution < -0.4 is 5.32 Å². The summed E-state index contributed by atoms with van der Waals surface area (Å²) in [6, 6.07) is 1.92. The Balaban J connectivity index is 1.84. The quantitative estimate of drug-likeness (QED) is 0.868. The number of nitrogens with one attached hydrogen (secondary N) is 1. The molecule has 0 saturated heterocycles. The smallest absolute Gasteiger partial charge is 0.261 e. The first-order valence-corrected chi connectivity index (χ1v) is 7.55. The summed E-state index contributed by atoms with van der Waals surface area (Å²) in [6.07, 6.45) is 1.14. The molecule has 0 fully saturated rings. The zero-order chi connectivity index (χ0) is 13.8. The van der Waals surface area contributed by atoms with Crippen molar-refractivity contribution >= 4 is 17.2 Å². The van der Waals surface area contributed by atoms with Crippen LogP contribution in [0.15, 0.2) is 6.07 Å². The van der Waals surface area contributed by atoms with E-state index in [0.29, 0.717) is 19.6 Å². The van der Waals surface area contributed by atoms with Gasteiger partial charge in [0, 0.05) is 17.8 Å². The first-order chi connectivity index (χ1) is 9.08. The number of ether oxygens (including phenoxy) is 1. The van der Waals surface area contributed by atoms with Gasteiger partial charge in [-0.2, -0.15) is 0 Å². The van der Waals surface area contributed by atoms with Gasteiger partial charge in [0.15, 0.2) is 0 Å². The number of aliphatic hydroxyl groups is 1. The molecule has 0 saturated carbocycles. The highest BCUT2D eigenvalue weighted by atomic mass is 32.1. The standard InChI is InChI=1S/C14H21NO3S/c1-9(2)11(16)3-5-15-14(17)13-7-10-8-18-6-4-12(10)19-13/h7,9,11,16H,3-6,8H2,1-2H3,(H,15,17). The Morgan fingerprint density at radius 2 is 2.37 bits per heavy atom. The Morgan fingerprint density at radius 3 is 3.05 bits per heavy atom. The Kier molecular flexibility index (Phi) is 4.96. The molecular weight excluding hydrogens is 262 g/mol. The van der Waals surface area contributed by atoms with Crippen molar-refractivity contribution in [1.29, 1.82) is 0 Å². The predicted molar refractivity (Wildman–Crippen MR) is 75.5 cm³/mol. The number of fused-ring (bicyclic) bond motifs is 1. The zero-order valence-electron chi connectivity index (χ0n) is 11.4. The van der Waals surface area contributed by atoms with E-state index >= 15 is 0 Å². The molecule has 1 aromatic heterocycles. The molecule has 106 valence electrons. The van der Waals surface area contributed by atoms with Crippen molar-refractivity contribution in [2.24, 2.45) is 5.92 Å². The normalized spacial score (nSPS) is 16.2. The number of hydrogen-bond acceptors (Lipinski definition) is 4. The van der Waals surface area contributed by atoms with Crippen LogP contribution in [-0.2, 0) is 17.8 Å². The lowest BCUT2D eigenvalue weighted by molar-refractivity contribution is 0.0923. The van der Waals surface area contributed by atoms with E-state index in [-0.39, 0.29) is 17.9 Å². The van der Waals surface area contributed by atoms with Gasteiger partial charge in [-0.3, -0.25) is 4.79 Å². The van der Waals surface area contributed by atoms with Crippen LogP contribution in [0.3, 0.4) is 0 Å². The molecule has 1 aliphatic rings. The average molecular weight is 283 g/mol. The van der Waals surface area contributed by atoms with Gasteiger partial charge in [0.2, 0.25) is 0 Å². The fraction of sp³-hybridized carbons (Fsp3) is 0.643. The van der Waals surface area contributed by atoms with Crippen molar-refractivity contribution in [2.45, 2.75) is 39.4 Å². The van der Waals surface area contributed by atoms with E-state index in [0.717, 1.165) is 23.5 Å². The number of hydrogen-bond donors (Lipinski definition) is 2. The van der Waals surface area contributed by atoms with E-state index in [1.807, 2.05) is 19.9 Å². The fourth-order valence-electron chi connectivity index (χ4n) is 2.01. The summed E-state index contributed by atoms with van der Waals surface area (Å²) in [5.41, 5.74) is 1.14. The van der Waals surface area contributed by atoms with Crippen LogP contribution in [0.5, 0.6) is 0 Å². The lowest BCUT2D eigenvalue weighted by atomic mass is 10.0. The molecule has 0 aromatic carbocycles. The first kappa shape index (κ1) is 14.5. The molecular formula is C14H21NO3S. The molecule has 0 spiro atoms. The van der Waals surface area contributed by atoms with Crippen molar-refractivity contribution < 1.29 is 14.6 Å². The summed E-state index contributed by atoms with van der Waals surface area (Å²) in [4.78, 5) is 14.0. The summed E-state index contributed by atoms with van der Waals surface area (Å²) in [7, 11) is 0. The van der Waals surface area contributed by atoms with Crippen molar-refractivity contribution in [3.05, 3.63) is 21.4 Å². The SMILES string of the molecule is CC(C)C(O)CCNC(=O)c1cc2c(s1)CCOC2. The van der Waals surface area contributed by atoms with Gasteiger partial charge in [-0.25, -0.2) is 0 Å². The second-order valence-corrected chi connectivity index (χ2v) is 6.35. The number of thiophene rings is 1. The predicted octanol–water partition coefficient (Wildman–Crippen LogP) is 1.96.